The summed E-state index contributed by atoms with van der Waals surface area (Å²) in [4.78, 5) is 2.54. The molecule has 0 aliphatic carbocycles. The lowest BCUT2D eigenvalue weighted by Crippen LogP contribution is -2.42. The van der Waals surface area contributed by atoms with Crippen LogP contribution in [0.4, 0.5) is 0 Å². The third-order valence-electron chi connectivity index (χ3n) is 2.81. The molecule has 2 nitrogen and oxygen atoms in total. The third kappa shape index (κ3) is 2.20. The zero-order chi connectivity index (χ0) is 9.10. The van der Waals surface area contributed by atoms with Gasteiger partial charge in [-0.3, -0.25) is 0 Å². The van der Waals surface area contributed by atoms with Crippen molar-refractivity contribution in [3.05, 3.63) is 11.1 Å². The molecule has 0 aromatic carbocycles. The van der Waals surface area contributed by atoms with Crippen LogP contribution in [0.2, 0.25) is 0 Å². The highest BCUT2D eigenvalue weighted by Crippen LogP contribution is 2.33. The van der Waals surface area contributed by atoms with Gasteiger partial charge in [-0.05, 0) is 11.8 Å². The Bertz CT molecular complexity index is 197. The van der Waals surface area contributed by atoms with Crippen molar-refractivity contribution >= 4 is 11.8 Å². The third-order valence-corrected chi connectivity index (χ3v) is 4.10. The summed E-state index contributed by atoms with van der Waals surface area (Å²) < 4.78 is 0. The van der Waals surface area contributed by atoms with Crippen molar-refractivity contribution in [1.29, 1.82) is 0 Å². The number of hydrogen-bond donors (Lipinski definition) is 1. The van der Waals surface area contributed by atoms with Crippen molar-refractivity contribution in [3.63, 3.8) is 0 Å². The standard InChI is InChI=1S/C10H18N2S/c1-2-10-7-9(8-13-10)12-5-3-11-4-6-12/h8,10-11H,2-7H2,1H3. The quantitative estimate of drug-likeness (QED) is 0.726. The Kier molecular flexibility index (Phi) is 3.17. The molecule has 0 amide bonds. The summed E-state index contributed by atoms with van der Waals surface area (Å²) in [7, 11) is 0. The van der Waals surface area contributed by atoms with Gasteiger partial charge in [0.15, 0.2) is 0 Å². The smallest absolute Gasteiger partial charge is 0.0301 e. The minimum Gasteiger partial charge on any atom is -0.372 e. The number of rotatable bonds is 2. The largest absolute Gasteiger partial charge is 0.372 e. The SMILES string of the molecule is CCC1CC(N2CCNCC2)=CS1. The lowest BCUT2D eigenvalue weighted by molar-refractivity contribution is 0.291. The van der Waals surface area contributed by atoms with E-state index < -0.39 is 0 Å². The van der Waals surface area contributed by atoms with Crippen molar-refractivity contribution in [1.82, 2.24) is 10.2 Å². The highest BCUT2D eigenvalue weighted by Gasteiger charge is 2.21. The number of nitrogens with zero attached hydrogens (tertiary/aromatic N) is 1. The molecule has 1 fully saturated rings. The van der Waals surface area contributed by atoms with Crippen LogP contribution in [0.3, 0.4) is 0 Å². The van der Waals surface area contributed by atoms with Gasteiger partial charge in [0.05, 0.1) is 0 Å². The predicted molar refractivity (Wildman–Crippen MR) is 58.8 cm³/mol. The van der Waals surface area contributed by atoms with Crippen LogP contribution in [0.1, 0.15) is 19.8 Å². The number of hydrogen-bond acceptors (Lipinski definition) is 3. The van der Waals surface area contributed by atoms with Crippen LogP contribution in [0.5, 0.6) is 0 Å². The normalized spacial score (nSPS) is 29.2. The van der Waals surface area contributed by atoms with Crippen LogP contribution < -0.4 is 5.32 Å². The number of allylic oxidation sites excluding steroid dienone is 1. The molecule has 0 radical (unpaired) electrons. The number of thioether (sulfide) groups is 1. The Morgan fingerprint density at radius 1 is 1.54 bits per heavy atom. The summed E-state index contributed by atoms with van der Waals surface area (Å²) in [6.45, 7) is 6.98. The molecule has 1 saturated heterocycles. The van der Waals surface area contributed by atoms with E-state index in [0.717, 1.165) is 18.3 Å². The lowest BCUT2D eigenvalue weighted by Gasteiger charge is -2.30. The first-order valence-electron chi connectivity index (χ1n) is 5.20. The van der Waals surface area contributed by atoms with Gasteiger partial charge in [0, 0.05) is 43.5 Å². The van der Waals surface area contributed by atoms with E-state index >= 15 is 0 Å². The molecule has 0 spiro atoms. The fourth-order valence-corrected chi connectivity index (χ4v) is 2.95. The van der Waals surface area contributed by atoms with E-state index in [0.29, 0.717) is 0 Å². The van der Waals surface area contributed by atoms with E-state index in [1.54, 1.807) is 5.70 Å². The van der Waals surface area contributed by atoms with Gasteiger partial charge in [0.2, 0.25) is 0 Å². The second-order valence-corrected chi connectivity index (χ2v) is 4.89. The van der Waals surface area contributed by atoms with Crippen LogP contribution in [-0.4, -0.2) is 36.3 Å². The molecule has 13 heavy (non-hydrogen) atoms. The molecular weight excluding hydrogens is 180 g/mol. The summed E-state index contributed by atoms with van der Waals surface area (Å²) in [5.41, 5.74) is 1.58. The lowest BCUT2D eigenvalue weighted by atomic mass is 10.2. The summed E-state index contributed by atoms with van der Waals surface area (Å²) >= 11 is 2.02. The van der Waals surface area contributed by atoms with Gasteiger partial charge >= 0.3 is 0 Å². The zero-order valence-electron chi connectivity index (χ0n) is 8.25. The summed E-state index contributed by atoms with van der Waals surface area (Å²) in [5, 5.41) is 6.61. The van der Waals surface area contributed by atoms with Crippen molar-refractivity contribution in [2.45, 2.75) is 25.0 Å². The first-order valence-corrected chi connectivity index (χ1v) is 6.14. The first-order chi connectivity index (χ1) is 6.40. The van der Waals surface area contributed by atoms with Gasteiger partial charge in [-0.15, -0.1) is 11.8 Å². The van der Waals surface area contributed by atoms with Gasteiger partial charge in [-0.1, -0.05) is 6.92 Å². The molecule has 1 unspecified atom stereocenters. The monoisotopic (exact) mass is 198 g/mol. The summed E-state index contributed by atoms with van der Waals surface area (Å²) in [5.74, 6) is 0. The molecule has 3 heteroatoms. The van der Waals surface area contributed by atoms with Crippen LogP contribution in [0.15, 0.2) is 11.1 Å². The second kappa shape index (κ2) is 4.38. The minimum atomic E-state index is 0.852. The van der Waals surface area contributed by atoms with Gasteiger partial charge < -0.3 is 10.2 Å². The van der Waals surface area contributed by atoms with Crippen molar-refractivity contribution in [2.24, 2.45) is 0 Å². The summed E-state index contributed by atoms with van der Waals surface area (Å²) in [6.07, 6.45) is 2.60. The van der Waals surface area contributed by atoms with E-state index in [1.165, 1.54) is 25.9 Å². The van der Waals surface area contributed by atoms with E-state index in [4.69, 9.17) is 0 Å². The predicted octanol–water partition coefficient (Wildman–Crippen LogP) is 1.65. The zero-order valence-corrected chi connectivity index (χ0v) is 9.07. The van der Waals surface area contributed by atoms with E-state index in [2.05, 4.69) is 22.5 Å². The van der Waals surface area contributed by atoms with Gasteiger partial charge in [-0.25, -0.2) is 0 Å². The summed E-state index contributed by atoms with van der Waals surface area (Å²) in [6, 6.07) is 0. The molecule has 2 aliphatic heterocycles. The Hall–Kier alpha value is -0.150. The maximum atomic E-state index is 3.39. The average molecular weight is 198 g/mol. The highest BCUT2D eigenvalue weighted by molar-refractivity contribution is 8.03. The van der Waals surface area contributed by atoms with E-state index in [-0.39, 0.29) is 0 Å². The van der Waals surface area contributed by atoms with Gasteiger partial charge in [0.1, 0.15) is 0 Å². The van der Waals surface area contributed by atoms with Crippen LogP contribution in [0, 0.1) is 0 Å². The fourth-order valence-electron chi connectivity index (χ4n) is 1.90. The molecule has 1 atom stereocenters. The highest BCUT2D eigenvalue weighted by atomic mass is 32.2. The number of nitrogens with one attached hydrogen (secondary N) is 1. The first kappa shape index (κ1) is 9.41. The Morgan fingerprint density at radius 3 is 2.92 bits per heavy atom. The van der Waals surface area contributed by atoms with E-state index in [1.807, 2.05) is 11.8 Å². The van der Waals surface area contributed by atoms with E-state index in [9.17, 15) is 0 Å². The molecule has 2 aliphatic rings. The number of piperazine rings is 1. The Morgan fingerprint density at radius 2 is 2.31 bits per heavy atom. The van der Waals surface area contributed by atoms with Crippen LogP contribution in [0.25, 0.3) is 0 Å². The van der Waals surface area contributed by atoms with Crippen LogP contribution >= 0.6 is 11.8 Å². The Labute approximate surface area is 84.8 Å². The molecule has 1 N–H and O–H groups in total. The molecule has 0 saturated carbocycles. The maximum absolute atomic E-state index is 3.39. The van der Waals surface area contributed by atoms with Crippen LogP contribution in [-0.2, 0) is 0 Å². The van der Waals surface area contributed by atoms with Gasteiger partial charge in [-0.2, -0.15) is 0 Å². The topological polar surface area (TPSA) is 15.3 Å². The molecule has 2 rings (SSSR count). The Balaban J connectivity index is 1.87. The van der Waals surface area contributed by atoms with Crippen molar-refractivity contribution in [2.75, 3.05) is 26.2 Å². The molecule has 74 valence electrons. The molecule has 0 aromatic heterocycles. The molecule has 0 bridgehead atoms. The van der Waals surface area contributed by atoms with Gasteiger partial charge in [0.25, 0.3) is 0 Å². The van der Waals surface area contributed by atoms with Crippen molar-refractivity contribution in [3.8, 4) is 0 Å². The molecule has 2 heterocycles. The molecular formula is C10H18N2S. The minimum absolute atomic E-state index is 0.852. The van der Waals surface area contributed by atoms with Crippen molar-refractivity contribution < 1.29 is 0 Å². The maximum Gasteiger partial charge on any atom is 0.0301 e. The molecule has 0 aromatic rings. The average Bonchev–Trinajstić information content (AvgIpc) is 2.67. The second-order valence-electron chi connectivity index (χ2n) is 3.72. The fraction of sp³-hybridized carbons (Fsp3) is 0.800.